The highest BCUT2D eigenvalue weighted by Gasteiger charge is 2.12. The van der Waals surface area contributed by atoms with Crippen LogP contribution in [0.2, 0.25) is 0 Å². The van der Waals surface area contributed by atoms with E-state index in [2.05, 4.69) is 22.5 Å². The smallest absolute Gasteiger partial charge is 0.146 e. The standard InChI is InChI=1S/C22H30FN5/c1-5-6-7-8-27-22-11-16(10-20(28-22)17(13-24)14-25-3)18-12-21(26-4)19(23)9-15(18)2/h9-14,26H,5-8,24H2,1-4H3,(H,27,28)/b17-13+,25-14?. The first kappa shape index (κ1) is 21.4. The third kappa shape index (κ3) is 5.31. The molecule has 0 fully saturated rings. The lowest BCUT2D eigenvalue weighted by Gasteiger charge is -2.14. The van der Waals surface area contributed by atoms with Gasteiger partial charge in [-0.25, -0.2) is 9.37 Å². The molecule has 0 radical (unpaired) electrons. The molecule has 0 unspecified atom stereocenters. The molecule has 0 aliphatic carbocycles. The maximum Gasteiger partial charge on any atom is 0.146 e. The molecule has 0 bridgehead atoms. The molecule has 4 N–H and O–H groups in total. The number of hydrogen-bond donors (Lipinski definition) is 3. The van der Waals surface area contributed by atoms with Gasteiger partial charge in [-0.1, -0.05) is 19.8 Å². The summed E-state index contributed by atoms with van der Waals surface area (Å²) in [4.78, 5) is 8.76. The summed E-state index contributed by atoms with van der Waals surface area (Å²) in [7, 11) is 3.41. The Balaban J connectivity index is 2.53. The van der Waals surface area contributed by atoms with Gasteiger partial charge in [-0.15, -0.1) is 0 Å². The molecule has 6 heteroatoms. The summed E-state index contributed by atoms with van der Waals surface area (Å²) < 4.78 is 14.1. The molecule has 0 amide bonds. The molecule has 0 aliphatic heterocycles. The van der Waals surface area contributed by atoms with E-state index >= 15 is 0 Å². The van der Waals surface area contributed by atoms with E-state index in [1.807, 2.05) is 25.1 Å². The Bertz CT molecular complexity index is 858. The maximum atomic E-state index is 14.1. The molecule has 0 atom stereocenters. The molecule has 0 saturated carbocycles. The fraction of sp³-hybridized carbons (Fsp3) is 0.364. The quantitative estimate of drug-likeness (QED) is 0.428. The number of nitrogens with one attached hydrogen (secondary N) is 2. The lowest BCUT2D eigenvalue weighted by atomic mass is 9.98. The van der Waals surface area contributed by atoms with Gasteiger partial charge in [0.15, 0.2) is 0 Å². The number of hydrogen-bond acceptors (Lipinski definition) is 5. The summed E-state index contributed by atoms with van der Waals surface area (Å²) in [6.07, 6.45) is 6.58. The van der Waals surface area contributed by atoms with Crippen molar-refractivity contribution in [2.24, 2.45) is 10.7 Å². The second-order valence-electron chi connectivity index (χ2n) is 6.67. The number of aryl methyl sites for hydroxylation is 1. The molecular formula is C22H30FN5. The van der Waals surface area contributed by atoms with Crippen LogP contribution in [0, 0.1) is 12.7 Å². The summed E-state index contributed by atoms with van der Waals surface area (Å²) in [5, 5.41) is 6.30. The Labute approximate surface area is 167 Å². The van der Waals surface area contributed by atoms with Crippen LogP contribution < -0.4 is 16.4 Å². The molecule has 0 spiro atoms. The Morgan fingerprint density at radius 1 is 1.25 bits per heavy atom. The molecule has 0 saturated heterocycles. The molecule has 28 heavy (non-hydrogen) atoms. The van der Waals surface area contributed by atoms with Gasteiger partial charge in [-0.3, -0.25) is 4.99 Å². The Morgan fingerprint density at radius 2 is 2.04 bits per heavy atom. The number of allylic oxidation sites excluding steroid dienone is 1. The minimum Gasteiger partial charge on any atom is -0.404 e. The zero-order chi connectivity index (χ0) is 20.5. The lowest BCUT2D eigenvalue weighted by molar-refractivity contribution is 0.630. The zero-order valence-electron chi connectivity index (χ0n) is 17.1. The molecule has 2 aromatic rings. The van der Waals surface area contributed by atoms with Crippen molar-refractivity contribution in [2.75, 3.05) is 31.3 Å². The van der Waals surface area contributed by atoms with Crippen LogP contribution in [0.4, 0.5) is 15.9 Å². The number of aliphatic imine (C=N–C) groups is 1. The number of nitrogens with two attached hydrogens (primary N) is 1. The van der Waals surface area contributed by atoms with Crippen molar-refractivity contribution in [3.8, 4) is 11.1 Å². The Kier molecular flexibility index (Phi) is 7.99. The lowest BCUT2D eigenvalue weighted by Crippen LogP contribution is -2.06. The minimum absolute atomic E-state index is 0.267. The third-order valence-corrected chi connectivity index (χ3v) is 4.55. The van der Waals surface area contributed by atoms with E-state index in [1.54, 1.807) is 26.4 Å². The van der Waals surface area contributed by atoms with Gasteiger partial charge in [0.2, 0.25) is 0 Å². The number of benzene rings is 1. The zero-order valence-corrected chi connectivity index (χ0v) is 17.1. The van der Waals surface area contributed by atoms with Crippen LogP contribution in [0.1, 0.15) is 37.4 Å². The largest absolute Gasteiger partial charge is 0.404 e. The predicted molar refractivity (Wildman–Crippen MR) is 119 cm³/mol. The van der Waals surface area contributed by atoms with Gasteiger partial charge < -0.3 is 16.4 Å². The molecule has 1 aromatic heterocycles. The van der Waals surface area contributed by atoms with Gasteiger partial charge >= 0.3 is 0 Å². The van der Waals surface area contributed by atoms with Crippen LogP contribution in [0.3, 0.4) is 0 Å². The topological polar surface area (TPSA) is 75.3 Å². The van der Waals surface area contributed by atoms with E-state index in [1.165, 1.54) is 12.6 Å². The first-order valence-corrected chi connectivity index (χ1v) is 9.62. The molecule has 5 nitrogen and oxygen atoms in total. The Morgan fingerprint density at radius 3 is 2.68 bits per heavy atom. The van der Waals surface area contributed by atoms with Gasteiger partial charge in [0.05, 0.1) is 11.4 Å². The number of anilines is 2. The highest BCUT2D eigenvalue weighted by molar-refractivity contribution is 6.09. The highest BCUT2D eigenvalue weighted by Crippen LogP contribution is 2.31. The number of unbranched alkanes of at least 4 members (excludes halogenated alkanes) is 2. The van der Waals surface area contributed by atoms with Crippen LogP contribution in [-0.2, 0) is 0 Å². The number of pyridine rings is 1. The molecule has 0 aliphatic rings. The van der Waals surface area contributed by atoms with E-state index in [4.69, 9.17) is 10.7 Å². The van der Waals surface area contributed by atoms with Crippen LogP contribution in [-0.4, -0.2) is 31.8 Å². The fourth-order valence-electron chi connectivity index (χ4n) is 3.02. The maximum absolute atomic E-state index is 14.1. The summed E-state index contributed by atoms with van der Waals surface area (Å²) in [6, 6.07) is 7.32. The second kappa shape index (κ2) is 10.4. The third-order valence-electron chi connectivity index (χ3n) is 4.55. The highest BCUT2D eigenvalue weighted by atomic mass is 19.1. The van der Waals surface area contributed by atoms with Crippen LogP contribution in [0.25, 0.3) is 16.7 Å². The van der Waals surface area contributed by atoms with E-state index in [0.717, 1.165) is 53.2 Å². The summed E-state index contributed by atoms with van der Waals surface area (Å²) in [5.74, 6) is 0.499. The number of rotatable bonds is 9. The summed E-state index contributed by atoms with van der Waals surface area (Å²) in [6.45, 7) is 4.92. The van der Waals surface area contributed by atoms with E-state index in [-0.39, 0.29) is 5.82 Å². The molecule has 150 valence electrons. The monoisotopic (exact) mass is 383 g/mol. The van der Waals surface area contributed by atoms with Crippen molar-refractivity contribution in [3.05, 3.63) is 47.5 Å². The number of halogens is 1. The molecule has 1 heterocycles. The van der Waals surface area contributed by atoms with Crippen molar-refractivity contribution in [1.82, 2.24) is 4.98 Å². The van der Waals surface area contributed by atoms with Gasteiger partial charge in [0, 0.05) is 38.6 Å². The van der Waals surface area contributed by atoms with Crippen molar-refractivity contribution in [2.45, 2.75) is 33.1 Å². The normalized spacial score (nSPS) is 11.8. The van der Waals surface area contributed by atoms with Gasteiger partial charge in [0.25, 0.3) is 0 Å². The van der Waals surface area contributed by atoms with E-state index in [9.17, 15) is 4.39 Å². The van der Waals surface area contributed by atoms with E-state index in [0.29, 0.717) is 5.69 Å². The first-order chi connectivity index (χ1) is 13.5. The van der Waals surface area contributed by atoms with Crippen molar-refractivity contribution >= 4 is 23.3 Å². The van der Waals surface area contributed by atoms with Crippen molar-refractivity contribution < 1.29 is 4.39 Å². The van der Waals surface area contributed by atoms with Crippen LogP contribution >= 0.6 is 0 Å². The van der Waals surface area contributed by atoms with E-state index < -0.39 is 0 Å². The predicted octanol–water partition coefficient (Wildman–Crippen LogP) is 4.84. The second-order valence-corrected chi connectivity index (χ2v) is 6.67. The SMILES string of the molecule is CCCCCNc1cc(-c2cc(NC)c(F)cc2C)cc(/C(C=NC)=C/N)n1. The average Bonchev–Trinajstić information content (AvgIpc) is 2.69. The molecular weight excluding hydrogens is 353 g/mol. The number of aromatic nitrogens is 1. The average molecular weight is 384 g/mol. The van der Waals surface area contributed by atoms with Gasteiger partial charge in [-0.2, -0.15) is 0 Å². The van der Waals surface area contributed by atoms with Crippen molar-refractivity contribution in [3.63, 3.8) is 0 Å². The van der Waals surface area contributed by atoms with Gasteiger partial charge in [0.1, 0.15) is 11.6 Å². The summed E-state index contributed by atoms with van der Waals surface area (Å²) >= 11 is 0. The minimum atomic E-state index is -0.267. The van der Waals surface area contributed by atoms with Crippen LogP contribution in [0.5, 0.6) is 0 Å². The van der Waals surface area contributed by atoms with Gasteiger partial charge in [-0.05, 0) is 54.3 Å². The molecule has 1 aromatic carbocycles. The first-order valence-electron chi connectivity index (χ1n) is 9.62. The van der Waals surface area contributed by atoms with Crippen LogP contribution in [0.15, 0.2) is 35.5 Å². The summed E-state index contributed by atoms with van der Waals surface area (Å²) in [5.41, 5.74) is 10.4. The fourth-order valence-corrected chi connectivity index (χ4v) is 3.02. The Hall–Kier alpha value is -2.89. The number of nitrogens with zero attached hydrogens (tertiary/aromatic N) is 2. The molecule has 2 rings (SSSR count). The van der Waals surface area contributed by atoms with Crippen molar-refractivity contribution in [1.29, 1.82) is 0 Å².